The van der Waals surface area contributed by atoms with Gasteiger partial charge in [0.1, 0.15) is 18.3 Å². The zero-order valence-corrected chi connectivity index (χ0v) is 17.8. The quantitative estimate of drug-likeness (QED) is 0.408. The largest absolute Gasteiger partial charge is 0.800 e. The van der Waals surface area contributed by atoms with Crippen molar-refractivity contribution in [3.05, 3.63) is 33.1 Å². The normalized spacial score (nSPS) is 27.8. The van der Waals surface area contributed by atoms with Gasteiger partial charge in [0.15, 0.2) is 6.23 Å². The highest BCUT2D eigenvalue weighted by Crippen LogP contribution is 2.49. The van der Waals surface area contributed by atoms with Crippen LogP contribution >= 0.6 is 14.3 Å². The lowest BCUT2D eigenvalue weighted by Gasteiger charge is -2.37. The van der Waals surface area contributed by atoms with Gasteiger partial charge < -0.3 is 28.7 Å². The molecule has 1 saturated heterocycles. The number of nitrogens with one attached hydrogen (secondary N) is 1. The Kier molecular flexibility index (Phi) is 7.54. The first-order valence-corrected chi connectivity index (χ1v) is 12.3. The molecule has 160 valence electrons. The highest BCUT2D eigenvalue weighted by Gasteiger charge is 2.48. The van der Waals surface area contributed by atoms with Crippen molar-refractivity contribution in [1.82, 2.24) is 9.55 Å². The zero-order chi connectivity index (χ0) is 21.3. The van der Waals surface area contributed by atoms with Crippen LogP contribution < -0.4 is 16.1 Å². The maximum Gasteiger partial charge on any atom is 0.469 e. The third kappa shape index (κ3) is 5.67. The number of hydrogen-bond donors (Lipinski definition) is 3. The van der Waals surface area contributed by atoms with Crippen LogP contribution in [0.2, 0.25) is 0 Å². The molecule has 5 atom stereocenters. The Labute approximate surface area is 164 Å². The van der Waals surface area contributed by atoms with Crippen molar-refractivity contribution in [3.63, 3.8) is 0 Å². The number of H-pyrrole nitrogens is 1. The van der Waals surface area contributed by atoms with Crippen molar-refractivity contribution < 1.29 is 37.8 Å². The number of aromatic amines is 1. The average Bonchev–Trinajstić information content (AvgIpc) is 2.88. The third-order valence-electron chi connectivity index (χ3n) is 3.99. The van der Waals surface area contributed by atoms with Crippen molar-refractivity contribution in [2.24, 2.45) is 0 Å². The summed E-state index contributed by atoms with van der Waals surface area (Å²) in [5.74, 6) is 0. The molecule has 12 nitrogen and oxygen atoms in total. The number of ether oxygens (including phenoxy) is 2. The SMILES string of the molecule is COC1[C@@H](OP([O-])(=S)C(C)C)[C@@H](COP(=O)(O)O)O[C@H]1n1ccc(=O)[nH]c1=O. The van der Waals surface area contributed by atoms with E-state index in [1.54, 1.807) is 13.8 Å². The smallest absolute Gasteiger partial charge is 0.469 e. The summed E-state index contributed by atoms with van der Waals surface area (Å²) in [5.41, 5.74) is -1.96. The Balaban J connectivity index is 2.41. The Hall–Kier alpha value is -0.720. The molecule has 0 spiro atoms. The molecule has 1 aromatic heterocycles. The van der Waals surface area contributed by atoms with E-state index < -0.39 is 62.4 Å². The maximum atomic E-state index is 12.6. The average molecular weight is 459 g/mol. The lowest BCUT2D eigenvalue weighted by atomic mass is 10.1. The van der Waals surface area contributed by atoms with Gasteiger partial charge in [-0.25, -0.2) is 9.36 Å². The zero-order valence-electron chi connectivity index (χ0n) is 15.2. The molecule has 2 rings (SSSR count). The Morgan fingerprint density at radius 2 is 2.04 bits per heavy atom. The highest BCUT2D eigenvalue weighted by atomic mass is 32.5. The summed E-state index contributed by atoms with van der Waals surface area (Å²) in [6, 6.07) is 1.08. The minimum atomic E-state index is -4.84. The summed E-state index contributed by atoms with van der Waals surface area (Å²) in [6.45, 7) is -1.03. The first-order valence-electron chi connectivity index (χ1n) is 8.04. The molecule has 28 heavy (non-hydrogen) atoms. The van der Waals surface area contributed by atoms with Gasteiger partial charge in [0, 0.05) is 19.4 Å². The molecule has 1 aromatic rings. The van der Waals surface area contributed by atoms with Crippen LogP contribution in [-0.2, 0) is 34.9 Å². The molecule has 0 radical (unpaired) electrons. The lowest BCUT2D eigenvalue weighted by Crippen LogP contribution is -2.40. The van der Waals surface area contributed by atoms with Crippen LogP contribution in [0, 0.1) is 0 Å². The molecule has 2 heterocycles. The van der Waals surface area contributed by atoms with E-state index in [2.05, 4.69) is 9.51 Å². The van der Waals surface area contributed by atoms with Crippen LogP contribution in [0.5, 0.6) is 0 Å². The van der Waals surface area contributed by atoms with E-state index >= 15 is 0 Å². The van der Waals surface area contributed by atoms with Gasteiger partial charge in [-0.05, 0) is 12.2 Å². The van der Waals surface area contributed by atoms with Gasteiger partial charge in [-0.2, -0.15) is 0 Å². The summed E-state index contributed by atoms with van der Waals surface area (Å²) in [7, 11) is -3.56. The van der Waals surface area contributed by atoms with Gasteiger partial charge in [0.05, 0.1) is 6.61 Å². The molecule has 15 heteroatoms. The molecule has 0 aliphatic carbocycles. The van der Waals surface area contributed by atoms with Gasteiger partial charge >= 0.3 is 13.5 Å². The summed E-state index contributed by atoms with van der Waals surface area (Å²) in [4.78, 5) is 56.0. The minimum Gasteiger partial charge on any atom is -0.800 e. The predicted octanol–water partition coefficient (Wildman–Crippen LogP) is -0.978. The first kappa shape index (κ1) is 23.6. The minimum absolute atomic E-state index is 0.529. The monoisotopic (exact) mass is 459 g/mol. The van der Waals surface area contributed by atoms with Crippen LogP contribution in [0.25, 0.3) is 0 Å². The number of phosphoric acid groups is 1. The summed E-state index contributed by atoms with van der Waals surface area (Å²) >= 11 is 5.03. The molecule has 0 bridgehead atoms. The highest BCUT2D eigenvalue weighted by molar-refractivity contribution is 8.09. The molecule has 2 unspecified atom stereocenters. The molecular formula is C13H21N2O10P2S-. The third-order valence-corrected chi connectivity index (χ3v) is 7.80. The van der Waals surface area contributed by atoms with Gasteiger partial charge in [-0.15, -0.1) is 0 Å². The van der Waals surface area contributed by atoms with E-state index in [1.807, 2.05) is 0 Å². The molecule has 0 amide bonds. The van der Waals surface area contributed by atoms with Crippen molar-refractivity contribution in [2.75, 3.05) is 13.7 Å². The predicted molar refractivity (Wildman–Crippen MR) is 98.3 cm³/mol. The fraction of sp³-hybridized carbons (Fsp3) is 0.692. The van der Waals surface area contributed by atoms with Crippen molar-refractivity contribution >= 4 is 26.1 Å². The standard InChI is InChI=1S/C13H22N2O10P2S/c1-7(2)26(18,28)25-10-8(6-23-27(19,20)21)24-12(11(10)22-3)15-5-4-9(16)14-13(15)17/h4-5,7-8,10-12H,6H2,1-3H3,(H,18,28)(H,14,16,17)(H2,19,20,21)/p-1/t8-,10+,11?,12-,26?/m1/s1. The second-order valence-corrected chi connectivity index (χ2v) is 11.4. The number of rotatable bonds is 8. The van der Waals surface area contributed by atoms with Crippen molar-refractivity contribution in [1.29, 1.82) is 0 Å². The Bertz CT molecular complexity index is 896. The molecule has 1 fully saturated rings. The number of phosphoric ester groups is 1. The number of hydrogen-bond acceptors (Lipinski definition) is 9. The van der Waals surface area contributed by atoms with Gasteiger partial charge in [-0.1, -0.05) is 25.7 Å². The number of aromatic nitrogens is 2. The van der Waals surface area contributed by atoms with E-state index in [4.69, 9.17) is 35.6 Å². The Morgan fingerprint density at radius 3 is 2.54 bits per heavy atom. The Morgan fingerprint density at radius 1 is 1.39 bits per heavy atom. The maximum absolute atomic E-state index is 12.6. The van der Waals surface area contributed by atoms with Crippen molar-refractivity contribution in [3.8, 4) is 0 Å². The number of methoxy groups -OCH3 is 1. The van der Waals surface area contributed by atoms with Crippen LogP contribution in [0.15, 0.2) is 21.9 Å². The summed E-state index contributed by atoms with van der Waals surface area (Å²) in [5, 5.41) is 0. The molecule has 0 saturated carbocycles. The van der Waals surface area contributed by atoms with Gasteiger partial charge in [-0.3, -0.25) is 18.9 Å². The first-order chi connectivity index (χ1) is 12.9. The van der Waals surface area contributed by atoms with E-state index in [0.29, 0.717) is 0 Å². The summed E-state index contributed by atoms with van der Waals surface area (Å²) < 4.78 is 33.1. The molecule has 3 N–H and O–H groups in total. The van der Waals surface area contributed by atoms with Gasteiger partial charge in [0.2, 0.25) is 0 Å². The summed E-state index contributed by atoms with van der Waals surface area (Å²) in [6.07, 6.45) is -3.37. The van der Waals surface area contributed by atoms with E-state index in [1.165, 1.54) is 7.11 Å². The molecule has 1 aliphatic heterocycles. The van der Waals surface area contributed by atoms with E-state index in [-0.39, 0.29) is 0 Å². The topological polar surface area (TPSA) is 172 Å². The van der Waals surface area contributed by atoms with Crippen molar-refractivity contribution in [2.45, 2.75) is 44.0 Å². The molecular weight excluding hydrogens is 438 g/mol. The van der Waals surface area contributed by atoms with E-state index in [0.717, 1.165) is 16.8 Å². The second kappa shape index (κ2) is 8.97. The van der Waals surface area contributed by atoms with Crippen LogP contribution in [0.3, 0.4) is 0 Å². The lowest BCUT2D eigenvalue weighted by molar-refractivity contribution is -0.192. The van der Waals surface area contributed by atoms with Gasteiger partial charge in [0.25, 0.3) is 5.56 Å². The molecule has 1 aliphatic rings. The fourth-order valence-corrected chi connectivity index (χ4v) is 4.01. The second-order valence-electron chi connectivity index (χ2n) is 6.27. The van der Waals surface area contributed by atoms with Crippen LogP contribution in [-0.4, -0.2) is 57.0 Å². The molecule has 0 aromatic carbocycles. The van der Waals surface area contributed by atoms with E-state index in [9.17, 15) is 19.0 Å². The van der Waals surface area contributed by atoms with Crippen LogP contribution in [0.4, 0.5) is 0 Å². The van der Waals surface area contributed by atoms with Crippen LogP contribution in [0.1, 0.15) is 20.1 Å². The fourth-order valence-electron chi connectivity index (χ4n) is 2.53. The number of nitrogens with zero attached hydrogens (tertiary/aromatic N) is 1.